The van der Waals surface area contributed by atoms with Gasteiger partial charge in [0, 0.05) is 31.3 Å². The van der Waals surface area contributed by atoms with E-state index in [9.17, 15) is 36.3 Å². The number of phenols is 1. The Kier molecular flexibility index (Phi) is 9.70. The number of carbonyl (C=O) groups excluding carboxylic acids is 2. The Labute approximate surface area is 239 Å². The Hall–Kier alpha value is -4.14. The molecule has 1 aliphatic heterocycles. The molecule has 3 aromatic rings. The van der Waals surface area contributed by atoms with Crippen LogP contribution >= 0.6 is 0 Å². The fraction of sp³-hybridized carbons (Fsp3) is 0.286. The number of rotatable bonds is 10. The minimum absolute atomic E-state index is 0.0781. The second kappa shape index (κ2) is 13.2. The molecule has 2 N–H and O–H groups in total. The van der Waals surface area contributed by atoms with Gasteiger partial charge in [0.05, 0.1) is 25.5 Å². The fourth-order valence-electron chi connectivity index (χ4n) is 4.16. The van der Waals surface area contributed by atoms with Gasteiger partial charge in [0.1, 0.15) is 16.2 Å². The van der Waals surface area contributed by atoms with E-state index in [1.807, 2.05) is 0 Å². The number of sulfonamides is 1. The molecule has 0 radical (unpaired) electrons. The van der Waals surface area contributed by atoms with E-state index in [2.05, 4.69) is 14.4 Å². The van der Waals surface area contributed by atoms with Crippen molar-refractivity contribution < 1.29 is 50.5 Å². The minimum Gasteiger partial charge on any atom is -0.507 e. The fourth-order valence-corrected chi connectivity index (χ4v) is 5.36. The average molecular weight is 609 g/mol. The molecule has 0 spiro atoms. The standard InChI is InChI=1S/C28H27F3N2O8S/c29-28(30,31)27(36)41-25-21(19-6-2-1-3-7-19)8-4-9-24(25)42(37,38)32-20-10-11-22(23(34)18-20)26(35)40-15-5-12-33-13-16-39-17-14-33/h1-4,6-11,18,32,34H,5,12-17H2. The van der Waals surface area contributed by atoms with Crippen LogP contribution in [-0.4, -0.2) is 76.0 Å². The van der Waals surface area contributed by atoms with Crippen LogP contribution in [0.4, 0.5) is 18.9 Å². The van der Waals surface area contributed by atoms with Gasteiger partial charge in [0.2, 0.25) is 0 Å². The number of ether oxygens (including phenoxy) is 3. The van der Waals surface area contributed by atoms with Crippen molar-refractivity contribution in [2.24, 2.45) is 0 Å². The molecule has 0 amide bonds. The molecule has 1 fully saturated rings. The number of nitrogens with zero attached hydrogens (tertiary/aromatic N) is 1. The van der Waals surface area contributed by atoms with Crippen LogP contribution in [0.15, 0.2) is 71.6 Å². The zero-order valence-electron chi connectivity index (χ0n) is 22.1. The number of para-hydroxylation sites is 1. The number of alkyl halides is 3. The van der Waals surface area contributed by atoms with Gasteiger partial charge < -0.3 is 19.3 Å². The summed E-state index contributed by atoms with van der Waals surface area (Å²) >= 11 is 0. The van der Waals surface area contributed by atoms with Crippen molar-refractivity contribution in [3.05, 3.63) is 72.3 Å². The number of anilines is 1. The van der Waals surface area contributed by atoms with Gasteiger partial charge in [-0.1, -0.05) is 42.5 Å². The van der Waals surface area contributed by atoms with E-state index in [0.717, 1.165) is 31.3 Å². The Balaban J connectivity index is 1.52. The average Bonchev–Trinajstić information content (AvgIpc) is 2.95. The van der Waals surface area contributed by atoms with E-state index in [0.29, 0.717) is 31.7 Å². The molecule has 1 aliphatic rings. The third kappa shape index (κ3) is 7.78. The van der Waals surface area contributed by atoms with Crippen molar-refractivity contribution in [3.63, 3.8) is 0 Å². The summed E-state index contributed by atoms with van der Waals surface area (Å²) in [6.07, 6.45) is -4.83. The number of hydrogen-bond acceptors (Lipinski definition) is 9. The maximum Gasteiger partial charge on any atom is 0.491 e. The molecular formula is C28H27F3N2O8S. The van der Waals surface area contributed by atoms with Gasteiger partial charge in [0.15, 0.2) is 5.75 Å². The van der Waals surface area contributed by atoms with Crippen LogP contribution in [0.2, 0.25) is 0 Å². The molecule has 0 bridgehead atoms. The number of morpholine rings is 1. The lowest BCUT2D eigenvalue weighted by Gasteiger charge is -2.26. The van der Waals surface area contributed by atoms with E-state index < -0.39 is 44.5 Å². The number of halogens is 3. The summed E-state index contributed by atoms with van der Waals surface area (Å²) in [5.74, 6) is -4.84. The van der Waals surface area contributed by atoms with Crippen molar-refractivity contribution in [1.82, 2.24) is 4.90 Å². The zero-order chi connectivity index (χ0) is 30.3. The highest BCUT2D eigenvalue weighted by atomic mass is 32.2. The van der Waals surface area contributed by atoms with Crippen molar-refractivity contribution in [1.29, 1.82) is 0 Å². The molecule has 0 aliphatic carbocycles. The Morgan fingerprint density at radius 1 is 1.00 bits per heavy atom. The predicted octanol–water partition coefficient (Wildman–Crippen LogP) is 4.21. The molecule has 0 atom stereocenters. The lowest BCUT2D eigenvalue weighted by molar-refractivity contribution is -0.189. The van der Waals surface area contributed by atoms with Gasteiger partial charge in [-0.05, 0) is 30.2 Å². The molecular weight excluding hydrogens is 581 g/mol. The number of esters is 2. The topological polar surface area (TPSA) is 131 Å². The van der Waals surface area contributed by atoms with Crippen molar-refractivity contribution in [2.75, 3.05) is 44.2 Å². The van der Waals surface area contributed by atoms with Gasteiger partial charge >= 0.3 is 18.1 Å². The maximum atomic E-state index is 13.3. The summed E-state index contributed by atoms with van der Waals surface area (Å²) < 4.78 is 83.0. The van der Waals surface area contributed by atoms with Gasteiger partial charge in [-0.2, -0.15) is 13.2 Å². The van der Waals surface area contributed by atoms with Crippen LogP contribution in [0.25, 0.3) is 11.1 Å². The summed E-state index contributed by atoms with van der Waals surface area (Å²) in [7, 11) is -4.68. The molecule has 10 nitrogen and oxygen atoms in total. The summed E-state index contributed by atoms with van der Waals surface area (Å²) in [5.41, 5.74) is -0.208. The van der Waals surface area contributed by atoms with Crippen LogP contribution in [0.3, 0.4) is 0 Å². The number of hydrogen-bond donors (Lipinski definition) is 2. The van der Waals surface area contributed by atoms with Gasteiger partial charge in [-0.25, -0.2) is 18.0 Å². The molecule has 14 heteroatoms. The first-order valence-electron chi connectivity index (χ1n) is 12.8. The highest BCUT2D eigenvalue weighted by molar-refractivity contribution is 7.92. The molecule has 4 rings (SSSR count). The van der Waals surface area contributed by atoms with Crippen LogP contribution in [0, 0.1) is 0 Å². The normalized spacial score (nSPS) is 14.3. The number of nitrogens with one attached hydrogen (secondary N) is 1. The van der Waals surface area contributed by atoms with Crippen molar-refractivity contribution in [2.45, 2.75) is 17.5 Å². The van der Waals surface area contributed by atoms with E-state index in [4.69, 9.17) is 9.47 Å². The maximum absolute atomic E-state index is 13.3. The number of benzene rings is 3. The van der Waals surface area contributed by atoms with E-state index in [-0.39, 0.29) is 23.4 Å². The highest BCUT2D eigenvalue weighted by Crippen LogP contribution is 2.38. The molecule has 0 aromatic heterocycles. The van der Waals surface area contributed by atoms with Crippen LogP contribution < -0.4 is 9.46 Å². The first-order valence-corrected chi connectivity index (χ1v) is 14.2. The van der Waals surface area contributed by atoms with E-state index >= 15 is 0 Å². The molecule has 42 heavy (non-hydrogen) atoms. The van der Waals surface area contributed by atoms with Gasteiger partial charge in [-0.3, -0.25) is 9.62 Å². The van der Waals surface area contributed by atoms with Gasteiger partial charge in [0.25, 0.3) is 10.0 Å². The third-order valence-electron chi connectivity index (χ3n) is 6.20. The van der Waals surface area contributed by atoms with Crippen LogP contribution in [-0.2, 0) is 24.3 Å². The van der Waals surface area contributed by atoms with E-state index in [1.54, 1.807) is 18.2 Å². The first-order chi connectivity index (χ1) is 20.0. The Morgan fingerprint density at radius 3 is 2.38 bits per heavy atom. The highest BCUT2D eigenvalue weighted by Gasteiger charge is 2.42. The molecule has 1 heterocycles. The summed E-state index contributed by atoms with van der Waals surface area (Å²) in [5, 5.41) is 10.4. The van der Waals surface area contributed by atoms with E-state index in [1.165, 1.54) is 30.3 Å². The van der Waals surface area contributed by atoms with Crippen LogP contribution in [0.1, 0.15) is 16.8 Å². The number of carbonyl (C=O) groups is 2. The predicted molar refractivity (Wildman–Crippen MR) is 145 cm³/mol. The molecule has 224 valence electrons. The quantitative estimate of drug-likeness (QED) is 0.197. The largest absolute Gasteiger partial charge is 0.507 e. The molecule has 0 unspecified atom stereocenters. The second-order valence-electron chi connectivity index (χ2n) is 9.17. The summed E-state index contributed by atoms with van der Waals surface area (Å²) in [6, 6.07) is 14.6. The Bertz CT molecular complexity index is 1530. The third-order valence-corrected chi connectivity index (χ3v) is 7.61. The number of phenolic OH excluding ortho intramolecular Hbond substituents is 1. The molecule has 3 aromatic carbocycles. The minimum atomic E-state index is -5.39. The van der Waals surface area contributed by atoms with Gasteiger partial charge in [-0.15, -0.1) is 0 Å². The Morgan fingerprint density at radius 2 is 1.71 bits per heavy atom. The van der Waals surface area contributed by atoms with Crippen LogP contribution in [0.5, 0.6) is 11.5 Å². The zero-order valence-corrected chi connectivity index (χ0v) is 22.9. The van der Waals surface area contributed by atoms with Crippen molar-refractivity contribution in [3.8, 4) is 22.6 Å². The lowest BCUT2D eigenvalue weighted by Crippen LogP contribution is -2.37. The summed E-state index contributed by atoms with van der Waals surface area (Å²) in [6.45, 7) is 3.66. The smallest absolute Gasteiger partial charge is 0.491 e. The number of aromatic hydroxyl groups is 1. The monoisotopic (exact) mass is 608 g/mol. The lowest BCUT2D eigenvalue weighted by atomic mass is 10.0. The molecule has 1 saturated heterocycles. The molecule has 0 saturated carbocycles. The first kappa shape index (κ1) is 30.8. The van der Waals surface area contributed by atoms with Crippen molar-refractivity contribution >= 4 is 27.6 Å². The summed E-state index contributed by atoms with van der Waals surface area (Å²) in [4.78, 5) is 25.6. The second-order valence-corrected chi connectivity index (χ2v) is 10.8. The SMILES string of the molecule is O=C(OCCCN1CCOCC1)c1ccc(NS(=O)(=O)c2cccc(-c3ccccc3)c2OC(=O)C(F)(F)F)cc1O.